The van der Waals surface area contributed by atoms with Gasteiger partial charge in [0.1, 0.15) is 22.9 Å². The van der Waals surface area contributed by atoms with Crippen LogP contribution >= 0.6 is 0 Å². The van der Waals surface area contributed by atoms with E-state index in [1.807, 2.05) is 0 Å². The Kier molecular flexibility index (Phi) is 4.35. The minimum absolute atomic E-state index is 0.253. The Morgan fingerprint density at radius 3 is 2.38 bits per heavy atom. The molecule has 0 saturated carbocycles. The van der Waals surface area contributed by atoms with Crippen LogP contribution in [0.4, 0.5) is 4.79 Å². The number of primary amides is 1. The minimum atomic E-state index is -0.881. The number of nitrogens with two attached hydrogens (primary N) is 1. The van der Waals surface area contributed by atoms with Gasteiger partial charge in [-0.25, -0.2) is 4.79 Å². The average Bonchev–Trinajstić information content (AvgIpc) is 2.48. The molecule has 0 saturated heterocycles. The van der Waals surface area contributed by atoms with Crippen molar-refractivity contribution in [3.63, 3.8) is 0 Å². The van der Waals surface area contributed by atoms with Crippen LogP contribution in [0.5, 0.6) is 17.2 Å². The predicted molar refractivity (Wildman–Crippen MR) is 74.4 cm³/mol. The van der Waals surface area contributed by atoms with Crippen LogP contribution in [0.1, 0.15) is 10.5 Å². The van der Waals surface area contributed by atoms with Crippen molar-refractivity contribution in [2.75, 3.05) is 7.05 Å². The maximum atomic E-state index is 11.5. The highest BCUT2D eigenvalue weighted by Crippen LogP contribution is 2.24. The molecule has 0 atom stereocenters. The highest BCUT2D eigenvalue weighted by molar-refractivity contribution is 5.92. The van der Waals surface area contributed by atoms with Crippen molar-refractivity contribution in [3.8, 4) is 17.2 Å². The third kappa shape index (κ3) is 3.93. The first kappa shape index (κ1) is 14.3. The summed E-state index contributed by atoms with van der Waals surface area (Å²) in [5.41, 5.74) is 5.16. The zero-order valence-electron chi connectivity index (χ0n) is 11.2. The molecule has 21 heavy (non-hydrogen) atoms. The molecule has 7 heteroatoms. The quantitative estimate of drug-likeness (QED) is 0.890. The summed E-state index contributed by atoms with van der Waals surface area (Å²) in [6.07, 6.45) is 0.595. The summed E-state index contributed by atoms with van der Waals surface area (Å²) in [4.78, 5) is 26.0. The number of amides is 2. The van der Waals surface area contributed by atoms with Crippen molar-refractivity contribution < 1.29 is 19.1 Å². The zero-order valence-corrected chi connectivity index (χ0v) is 11.2. The van der Waals surface area contributed by atoms with Gasteiger partial charge in [0, 0.05) is 19.3 Å². The molecular weight excluding hydrogens is 274 g/mol. The van der Waals surface area contributed by atoms with E-state index in [1.165, 1.54) is 19.3 Å². The van der Waals surface area contributed by atoms with Crippen LogP contribution in [-0.4, -0.2) is 24.0 Å². The van der Waals surface area contributed by atoms with Gasteiger partial charge in [-0.1, -0.05) is 0 Å². The molecule has 2 rings (SSSR count). The Morgan fingerprint density at radius 1 is 1.10 bits per heavy atom. The van der Waals surface area contributed by atoms with Gasteiger partial charge in [-0.15, -0.1) is 0 Å². The Balaban J connectivity index is 2.11. The molecule has 0 spiro atoms. The molecular formula is C14H13N3O4. The second kappa shape index (κ2) is 6.38. The summed E-state index contributed by atoms with van der Waals surface area (Å²) in [7, 11) is 1.52. The lowest BCUT2D eigenvalue weighted by molar-refractivity contribution is 0.0958. The van der Waals surface area contributed by atoms with Gasteiger partial charge in [0.2, 0.25) is 0 Å². The van der Waals surface area contributed by atoms with Crippen molar-refractivity contribution in [1.82, 2.24) is 10.3 Å². The smallest absolute Gasteiger partial charge is 0.409 e. The molecule has 0 aliphatic rings. The van der Waals surface area contributed by atoms with Crippen molar-refractivity contribution in [2.45, 2.75) is 0 Å². The lowest BCUT2D eigenvalue weighted by Gasteiger charge is -2.07. The number of nitrogens with one attached hydrogen (secondary N) is 1. The zero-order chi connectivity index (χ0) is 15.2. The van der Waals surface area contributed by atoms with E-state index in [1.54, 1.807) is 30.3 Å². The van der Waals surface area contributed by atoms with E-state index in [9.17, 15) is 9.59 Å². The first-order valence-electron chi connectivity index (χ1n) is 6.02. The number of carbonyl (C=O) groups is 2. The monoisotopic (exact) mass is 287 g/mol. The van der Waals surface area contributed by atoms with Gasteiger partial charge in [0.15, 0.2) is 0 Å². The van der Waals surface area contributed by atoms with Gasteiger partial charge in [-0.2, -0.15) is 0 Å². The van der Waals surface area contributed by atoms with Gasteiger partial charge >= 0.3 is 6.09 Å². The van der Waals surface area contributed by atoms with E-state index in [0.29, 0.717) is 17.2 Å². The first-order chi connectivity index (χ1) is 10.1. The van der Waals surface area contributed by atoms with E-state index in [4.69, 9.17) is 15.2 Å². The van der Waals surface area contributed by atoms with Gasteiger partial charge in [0.25, 0.3) is 5.91 Å². The lowest BCUT2D eigenvalue weighted by atomic mass is 10.3. The fourth-order valence-corrected chi connectivity index (χ4v) is 1.55. The van der Waals surface area contributed by atoms with E-state index in [0.717, 1.165) is 0 Å². The second-order valence-corrected chi connectivity index (χ2v) is 3.95. The fourth-order valence-electron chi connectivity index (χ4n) is 1.55. The number of hydrogen-bond acceptors (Lipinski definition) is 5. The SMILES string of the molecule is CNC(=O)c1cc(Oc2ccc(OC(N)=O)cc2)ccn1. The predicted octanol–water partition coefficient (Wildman–Crippen LogP) is 1.69. The average molecular weight is 287 g/mol. The van der Waals surface area contributed by atoms with Crippen LogP contribution in [0.15, 0.2) is 42.6 Å². The topological polar surface area (TPSA) is 104 Å². The number of ether oxygens (including phenoxy) is 2. The molecule has 2 aromatic rings. The molecule has 1 aromatic carbocycles. The molecule has 1 heterocycles. The molecule has 0 fully saturated rings. The standard InChI is InChI=1S/C14H13N3O4/c1-16-13(18)12-8-11(6-7-17-12)20-9-2-4-10(5-3-9)21-14(15)19/h2-8H,1H3,(H2,15,19)(H,16,18). The normalized spacial score (nSPS) is 9.76. The summed E-state index contributed by atoms with van der Waals surface area (Å²) >= 11 is 0. The van der Waals surface area contributed by atoms with Crippen molar-refractivity contribution >= 4 is 12.0 Å². The Morgan fingerprint density at radius 2 is 1.76 bits per heavy atom. The summed E-state index contributed by atoms with van der Waals surface area (Å²) in [6.45, 7) is 0. The van der Waals surface area contributed by atoms with Crippen LogP contribution in [0.3, 0.4) is 0 Å². The molecule has 0 aliphatic carbocycles. The van der Waals surface area contributed by atoms with Gasteiger partial charge in [-0.05, 0) is 30.3 Å². The molecule has 0 unspecified atom stereocenters. The Hall–Kier alpha value is -3.09. The fraction of sp³-hybridized carbons (Fsp3) is 0.0714. The number of carbonyl (C=O) groups excluding carboxylic acids is 2. The Bertz CT molecular complexity index is 656. The van der Waals surface area contributed by atoms with Crippen LogP contribution in [0.25, 0.3) is 0 Å². The number of hydrogen-bond donors (Lipinski definition) is 2. The van der Waals surface area contributed by atoms with Crippen LogP contribution in [-0.2, 0) is 0 Å². The van der Waals surface area contributed by atoms with Gasteiger partial charge in [-0.3, -0.25) is 9.78 Å². The van der Waals surface area contributed by atoms with Crippen molar-refractivity contribution in [3.05, 3.63) is 48.3 Å². The lowest BCUT2D eigenvalue weighted by Crippen LogP contribution is -2.18. The third-order valence-corrected chi connectivity index (χ3v) is 2.47. The molecule has 0 bridgehead atoms. The highest BCUT2D eigenvalue weighted by atomic mass is 16.5. The van der Waals surface area contributed by atoms with Crippen molar-refractivity contribution in [2.24, 2.45) is 5.73 Å². The van der Waals surface area contributed by atoms with E-state index >= 15 is 0 Å². The number of nitrogens with zero attached hydrogens (tertiary/aromatic N) is 1. The van der Waals surface area contributed by atoms with E-state index in [2.05, 4.69) is 10.3 Å². The molecule has 0 radical (unpaired) electrons. The second-order valence-electron chi connectivity index (χ2n) is 3.95. The summed E-state index contributed by atoms with van der Waals surface area (Å²) in [6, 6.07) is 9.45. The number of aromatic nitrogens is 1. The summed E-state index contributed by atoms with van der Waals surface area (Å²) in [5, 5.41) is 2.48. The van der Waals surface area contributed by atoms with Crippen LogP contribution in [0.2, 0.25) is 0 Å². The molecule has 108 valence electrons. The first-order valence-corrected chi connectivity index (χ1v) is 6.02. The van der Waals surface area contributed by atoms with Gasteiger partial charge in [0.05, 0.1) is 0 Å². The molecule has 1 aromatic heterocycles. The third-order valence-electron chi connectivity index (χ3n) is 2.47. The number of rotatable bonds is 4. The van der Waals surface area contributed by atoms with E-state index < -0.39 is 6.09 Å². The highest BCUT2D eigenvalue weighted by Gasteiger charge is 2.07. The van der Waals surface area contributed by atoms with E-state index in [-0.39, 0.29) is 11.6 Å². The minimum Gasteiger partial charge on any atom is -0.457 e. The number of pyridine rings is 1. The largest absolute Gasteiger partial charge is 0.457 e. The van der Waals surface area contributed by atoms with Crippen LogP contribution < -0.4 is 20.5 Å². The maximum Gasteiger partial charge on any atom is 0.409 e. The molecule has 0 aliphatic heterocycles. The molecule has 7 nitrogen and oxygen atoms in total. The molecule has 2 amide bonds. The number of benzene rings is 1. The summed E-state index contributed by atoms with van der Waals surface area (Å²) < 4.78 is 10.3. The van der Waals surface area contributed by atoms with Crippen LogP contribution in [0, 0.1) is 0 Å². The summed E-state index contributed by atoms with van der Waals surface area (Å²) in [5.74, 6) is 0.995. The molecule has 3 N–H and O–H groups in total. The maximum absolute atomic E-state index is 11.5. The Labute approximate surface area is 120 Å². The van der Waals surface area contributed by atoms with Crippen molar-refractivity contribution in [1.29, 1.82) is 0 Å². The van der Waals surface area contributed by atoms with Gasteiger partial charge < -0.3 is 20.5 Å².